The van der Waals surface area contributed by atoms with Crippen LogP contribution in [0.15, 0.2) is 49.1 Å². The van der Waals surface area contributed by atoms with E-state index >= 15 is 0 Å². The highest BCUT2D eigenvalue weighted by Gasteiger charge is 2.45. The van der Waals surface area contributed by atoms with E-state index in [1.54, 1.807) is 53.1 Å². The summed E-state index contributed by atoms with van der Waals surface area (Å²) in [5, 5.41) is 17.9. The first-order valence-corrected chi connectivity index (χ1v) is 23.9. The molecule has 2 aromatic rings. The lowest BCUT2D eigenvalue weighted by Crippen LogP contribution is -2.55. The molecule has 3 amide bonds. The number of aromatic nitrogens is 2. The van der Waals surface area contributed by atoms with Gasteiger partial charge in [-0.1, -0.05) is 31.9 Å². The van der Waals surface area contributed by atoms with E-state index in [0.29, 0.717) is 50.3 Å². The zero-order valence-electron chi connectivity index (χ0n) is 42.3. The van der Waals surface area contributed by atoms with Crippen LogP contribution in [-0.4, -0.2) is 174 Å². The molecule has 1 saturated carbocycles. The number of aliphatic hydroxyl groups is 2. The second-order valence-electron chi connectivity index (χ2n) is 20.0. The van der Waals surface area contributed by atoms with Gasteiger partial charge in [-0.25, -0.2) is 14.2 Å². The van der Waals surface area contributed by atoms with Gasteiger partial charge in [0.2, 0.25) is 6.29 Å². The third-order valence-electron chi connectivity index (χ3n) is 11.1. The molecule has 0 radical (unpaired) electrons. The van der Waals surface area contributed by atoms with Crippen molar-refractivity contribution in [3.05, 3.63) is 60.2 Å². The Morgan fingerprint density at radius 3 is 1.85 bits per heavy atom. The van der Waals surface area contributed by atoms with Crippen molar-refractivity contribution in [2.45, 2.75) is 135 Å². The third kappa shape index (κ3) is 19.2. The zero-order valence-corrected chi connectivity index (χ0v) is 42.3. The number of likely N-dealkylation sites (tertiary alicyclic amines) is 2. The summed E-state index contributed by atoms with van der Waals surface area (Å²) >= 11 is 0. The maximum atomic E-state index is 12.1. The van der Waals surface area contributed by atoms with Gasteiger partial charge in [-0.2, -0.15) is 0 Å². The number of hydrogen-bond donors (Lipinski definition) is 2. The second kappa shape index (κ2) is 26.7. The fourth-order valence-electron chi connectivity index (χ4n) is 7.13. The molecule has 2 N–H and O–H groups in total. The largest absolute Gasteiger partial charge is 0.490 e. The van der Waals surface area contributed by atoms with Crippen LogP contribution in [0.5, 0.6) is 11.5 Å². The predicted molar refractivity (Wildman–Crippen MR) is 258 cm³/mol. The first-order valence-electron chi connectivity index (χ1n) is 23.9. The Bertz CT molecular complexity index is 1950. The summed E-state index contributed by atoms with van der Waals surface area (Å²) in [6, 6.07) is 4.03. The van der Waals surface area contributed by atoms with Gasteiger partial charge >= 0.3 is 25.7 Å². The summed E-state index contributed by atoms with van der Waals surface area (Å²) in [6.07, 6.45) is 17.5. The van der Waals surface area contributed by atoms with Crippen LogP contribution in [0.4, 0.5) is 9.59 Å². The smallest absolute Gasteiger partial charge is 0.460 e. The van der Waals surface area contributed by atoms with Crippen LogP contribution in [-0.2, 0) is 41.2 Å². The van der Waals surface area contributed by atoms with Gasteiger partial charge in [0.15, 0.2) is 6.10 Å². The Balaban J connectivity index is 0.000000225. The lowest BCUT2D eigenvalue weighted by atomic mass is 9.83. The first kappa shape index (κ1) is 55.6. The Morgan fingerprint density at radius 1 is 0.838 bits per heavy atom. The Hall–Kier alpha value is -4.98. The fraction of sp³-hybridized carbons (Fsp3) is 0.673. The summed E-state index contributed by atoms with van der Waals surface area (Å²) in [7, 11) is 6.70. The van der Waals surface area contributed by atoms with E-state index in [9.17, 15) is 14.4 Å². The van der Waals surface area contributed by atoms with Crippen molar-refractivity contribution in [3.63, 3.8) is 0 Å². The van der Waals surface area contributed by atoms with Crippen LogP contribution in [0.2, 0.25) is 6.32 Å². The van der Waals surface area contributed by atoms with Crippen molar-refractivity contribution in [1.82, 2.24) is 24.7 Å². The molecule has 19 heteroatoms. The molecular formula is C49H78BN6O12+. The van der Waals surface area contributed by atoms with E-state index < -0.39 is 23.6 Å². The van der Waals surface area contributed by atoms with Crippen LogP contribution in [0.1, 0.15) is 91.7 Å². The number of rotatable bonds is 18. The van der Waals surface area contributed by atoms with Crippen molar-refractivity contribution >= 4 is 31.6 Å². The Kier molecular flexibility index (Phi) is 21.8. The average molecular weight is 954 g/mol. The van der Waals surface area contributed by atoms with Crippen LogP contribution >= 0.6 is 0 Å². The van der Waals surface area contributed by atoms with E-state index in [2.05, 4.69) is 16.9 Å². The van der Waals surface area contributed by atoms with Gasteiger partial charge in [-0.05, 0) is 115 Å². The number of allylic oxidation sites excluding steroid dienone is 1. The minimum Gasteiger partial charge on any atom is -0.490 e. The van der Waals surface area contributed by atoms with Crippen LogP contribution in [0, 0.1) is 11.8 Å². The van der Waals surface area contributed by atoms with E-state index in [1.165, 1.54) is 11.3 Å². The number of aliphatic hydroxyl groups excluding tert-OH is 2. The number of nitrogens with zero attached hydrogens (tertiary/aromatic N) is 6. The maximum Gasteiger partial charge on any atom is 0.460 e. The van der Waals surface area contributed by atoms with Crippen molar-refractivity contribution in [1.29, 1.82) is 0 Å². The Morgan fingerprint density at radius 2 is 1.40 bits per heavy atom. The van der Waals surface area contributed by atoms with Crippen LogP contribution in [0.3, 0.4) is 0 Å². The molecule has 2 aromatic heterocycles. The molecule has 378 valence electrons. The van der Waals surface area contributed by atoms with Gasteiger partial charge in [0.1, 0.15) is 50.0 Å². The number of likely N-dealkylation sites (N-methyl/N-ethyl adjacent to an activating group) is 1. The molecule has 1 aliphatic carbocycles. The lowest BCUT2D eigenvalue weighted by Gasteiger charge is -2.41. The molecule has 68 heavy (non-hydrogen) atoms. The van der Waals surface area contributed by atoms with Gasteiger partial charge in [0, 0.05) is 46.2 Å². The van der Waals surface area contributed by atoms with Crippen LogP contribution < -0.4 is 9.47 Å². The summed E-state index contributed by atoms with van der Waals surface area (Å²) < 4.78 is 41.0. The molecular weight excluding hydrogens is 875 g/mol. The van der Waals surface area contributed by atoms with E-state index in [4.69, 9.17) is 43.2 Å². The topological polar surface area (TPSA) is 195 Å². The minimum atomic E-state index is -0.701. The zero-order chi connectivity index (χ0) is 50.0. The number of pyridine rings is 2. The van der Waals surface area contributed by atoms with Gasteiger partial charge in [-0.3, -0.25) is 14.8 Å². The monoisotopic (exact) mass is 954 g/mol. The van der Waals surface area contributed by atoms with E-state index in [-0.39, 0.29) is 50.5 Å². The van der Waals surface area contributed by atoms with E-state index in [0.717, 1.165) is 61.7 Å². The number of carbonyl (C=O) groups excluding carboxylic acids is 3. The van der Waals surface area contributed by atoms with Crippen molar-refractivity contribution in [2.75, 3.05) is 67.7 Å². The average Bonchev–Trinajstić information content (AvgIpc) is 3.86. The summed E-state index contributed by atoms with van der Waals surface area (Å²) in [5.74, 6) is 2.28. The molecule has 3 saturated heterocycles. The molecule has 3 aliphatic heterocycles. The maximum absolute atomic E-state index is 12.1. The molecule has 5 heterocycles. The molecule has 0 unspecified atom stereocenters. The minimum absolute atomic E-state index is 0.0335. The molecule has 0 spiro atoms. The first-order chi connectivity index (χ1) is 32.2. The number of ether oxygens (including phenoxy) is 5. The Labute approximate surface area is 404 Å². The molecule has 0 bridgehead atoms. The van der Waals surface area contributed by atoms with Crippen molar-refractivity contribution in [3.8, 4) is 11.5 Å². The van der Waals surface area contributed by atoms with Crippen LogP contribution in [0.25, 0.3) is 0 Å². The van der Waals surface area contributed by atoms with Gasteiger partial charge < -0.3 is 57.9 Å². The summed E-state index contributed by atoms with van der Waals surface area (Å²) in [6.45, 7) is 15.9. The van der Waals surface area contributed by atoms with E-state index in [1.807, 2.05) is 80.0 Å². The lowest BCUT2D eigenvalue weighted by molar-refractivity contribution is -0.470. The highest BCUT2D eigenvalue weighted by molar-refractivity contribution is 6.45. The summed E-state index contributed by atoms with van der Waals surface area (Å²) in [5.41, 5.74) is 1.18. The standard InChI is InChI=1S/C19H28N2O4.C18H26N2O4.C12H24BN2O4/c1-19(2,3)25-18(23)21-5-4-16(21)12-24-17-7-13(9-20-10-17)6-14-8-15(14)11-22;1-18(2,3)24-17(22)20-8-7-15(20)13-23-16-10-14(11-19-12-16)6-4-5-9-21;1-6-7-8-13-18-10(11(16)15(4)5)12(19-13)17-9-14(2)3/h7,9-10,14-16,22H,4-6,8,11-12H2,1-3H3;4-5,10-12,15,21H,6-9,13H2,1-3H3;9-10,12H,6-8H2,1-5H3/q;;+1/b;5-4+;/t14-,15+,16+;15-;10-,12+/m101/s1. The molecule has 18 nitrogen and oxygen atoms in total. The van der Waals surface area contributed by atoms with Crippen molar-refractivity contribution < 1.29 is 62.2 Å². The number of amides is 3. The molecule has 6 rings (SSSR count). The van der Waals surface area contributed by atoms with Gasteiger partial charge in [-0.15, -0.1) is 0 Å². The molecule has 4 aliphatic rings. The predicted octanol–water partition coefficient (Wildman–Crippen LogP) is 5.62. The van der Waals surface area contributed by atoms with Gasteiger partial charge in [0.05, 0.1) is 31.1 Å². The second-order valence-corrected chi connectivity index (χ2v) is 20.0. The number of carbonyl (C=O) groups is 3. The van der Waals surface area contributed by atoms with Gasteiger partial charge in [0.25, 0.3) is 5.91 Å². The highest BCUT2D eigenvalue weighted by atomic mass is 16.8. The quantitative estimate of drug-likeness (QED) is 0.0615. The number of unbranched alkanes of at least 4 members (excludes halogenated alkanes) is 1. The molecule has 0 aromatic carbocycles. The highest BCUT2D eigenvalue weighted by Crippen LogP contribution is 2.40. The summed E-state index contributed by atoms with van der Waals surface area (Å²) in [4.78, 5) is 49.5. The SMILES string of the molecule is CC(C)(C)OC(=O)N1CC[C@H]1COc1cncc(C/C=C/CO)c1.CC(C)(C)OC(=O)N1CC[C@H]1COc1cncc(C[C@@H]2C[C@H]2CO)c1.CCCCB1O[C@H](OC=[N+](C)C)[C@@H](C(=O)N(C)C)O1. The normalized spacial score (nSPS) is 21.8. The number of hydrogen-bond acceptors (Lipinski definition) is 14. The van der Waals surface area contributed by atoms with Crippen molar-refractivity contribution in [2.24, 2.45) is 11.8 Å². The molecule has 4 fully saturated rings. The fourth-order valence-corrected chi connectivity index (χ4v) is 7.13. The molecule has 6 atom stereocenters. The third-order valence-corrected chi connectivity index (χ3v) is 11.1.